The Morgan fingerprint density at radius 2 is 1.96 bits per heavy atom. The summed E-state index contributed by atoms with van der Waals surface area (Å²) in [7, 11) is 1.65. The molecule has 0 aliphatic heterocycles. The number of benzene rings is 1. The maximum absolute atomic E-state index is 11.9. The lowest BCUT2D eigenvalue weighted by atomic mass is 10.1. The van der Waals surface area contributed by atoms with E-state index in [1.807, 2.05) is 31.2 Å². The lowest BCUT2D eigenvalue weighted by molar-refractivity contribution is 0.0948. The molecule has 0 radical (unpaired) electrons. The van der Waals surface area contributed by atoms with Crippen molar-refractivity contribution in [3.8, 4) is 5.75 Å². The Labute approximate surface area is 136 Å². The molecular formula is C17H22N4O2. The first-order chi connectivity index (χ1) is 11.2. The van der Waals surface area contributed by atoms with Gasteiger partial charge in [0.25, 0.3) is 5.91 Å². The van der Waals surface area contributed by atoms with E-state index in [0.29, 0.717) is 18.1 Å². The predicted molar refractivity (Wildman–Crippen MR) is 89.8 cm³/mol. The minimum Gasteiger partial charge on any atom is -0.497 e. The second-order valence-corrected chi connectivity index (χ2v) is 5.07. The van der Waals surface area contributed by atoms with E-state index in [0.717, 1.165) is 25.1 Å². The lowest BCUT2D eigenvalue weighted by Gasteiger charge is -2.08. The summed E-state index contributed by atoms with van der Waals surface area (Å²) in [6, 6.07) is 9.61. The summed E-state index contributed by atoms with van der Waals surface area (Å²) in [5.41, 5.74) is 1.58. The summed E-state index contributed by atoms with van der Waals surface area (Å²) in [5.74, 6) is 1.32. The van der Waals surface area contributed by atoms with Crippen LogP contribution in [0.3, 0.4) is 0 Å². The van der Waals surface area contributed by atoms with Gasteiger partial charge in [-0.05, 0) is 30.5 Å². The molecule has 122 valence electrons. The van der Waals surface area contributed by atoms with Gasteiger partial charge in [0.15, 0.2) is 0 Å². The van der Waals surface area contributed by atoms with Gasteiger partial charge in [0, 0.05) is 19.2 Å². The summed E-state index contributed by atoms with van der Waals surface area (Å²) in [4.78, 5) is 20.0. The highest BCUT2D eigenvalue weighted by Gasteiger charge is 2.07. The van der Waals surface area contributed by atoms with Crippen LogP contribution in [0.25, 0.3) is 0 Å². The average Bonchev–Trinajstić information content (AvgIpc) is 2.60. The van der Waals surface area contributed by atoms with Gasteiger partial charge in [-0.25, -0.2) is 9.97 Å². The van der Waals surface area contributed by atoms with Crippen LogP contribution in [0.4, 0.5) is 5.82 Å². The molecule has 23 heavy (non-hydrogen) atoms. The van der Waals surface area contributed by atoms with E-state index < -0.39 is 0 Å². The number of methoxy groups -OCH3 is 1. The van der Waals surface area contributed by atoms with Gasteiger partial charge >= 0.3 is 0 Å². The normalized spacial score (nSPS) is 10.2. The molecule has 2 rings (SSSR count). The zero-order valence-electron chi connectivity index (χ0n) is 13.5. The van der Waals surface area contributed by atoms with Gasteiger partial charge in [-0.15, -0.1) is 0 Å². The van der Waals surface area contributed by atoms with Crippen molar-refractivity contribution >= 4 is 11.7 Å². The summed E-state index contributed by atoms with van der Waals surface area (Å²) >= 11 is 0. The molecular weight excluding hydrogens is 292 g/mol. The highest BCUT2D eigenvalue weighted by molar-refractivity contribution is 5.92. The van der Waals surface area contributed by atoms with E-state index in [9.17, 15) is 4.79 Å². The zero-order valence-corrected chi connectivity index (χ0v) is 13.5. The number of hydrogen-bond donors (Lipinski definition) is 2. The molecule has 2 aromatic rings. The highest BCUT2D eigenvalue weighted by atomic mass is 16.5. The monoisotopic (exact) mass is 314 g/mol. The van der Waals surface area contributed by atoms with Gasteiger partial charge < -0.3 is 15.4 Å². The molecule has 0 saturated carbocycles. The van der Waals surface area contributed by atoms with Crippen molar-refractivity contribution in [2.45, 2.75) is 19.8 Å². The molecule has 1 amide bonds. The quantitative estimate of drug-likeness (QED) is 0.782. The number of nitrogens with one attached hydrogen (secondary N) is 2. The van der Waals surface area contributed by atoms with E-state index in [-0.39, 0.29) is 5.91 Å². The van der Waals surface area contributed by atoms with Gasteiger partial charge in [0.05, 0.1) is 7.11 Å². The Morgan fingerprint density at radius 3 is 2.65 bits per heavy atom. The average molecular weight is 314 g/mol. The maximum atomic E-state index is 11.9. The van der Waals surface area contributed by atoms with E-state index >= 15 is 0 Å². The van der Waals surface area contributed by atoms with Crippen LogP contribution < -0.4 is 15.4 Å². The first-order valence-electron chi connectivity index (χ1n) is 7.70. The fourth-order valence-electron chi connectivity index (χ4n) is 2.03. The van der Waals surface area contributed by atoms with Crippen LogP contribution in [-0.2, 0) is 6.42 Å². The van der Waals surface area contributed by atoms with Crippen molar-refractivity contribution in [2.75, 3.05) is 25.5 Å². The molecule has 0 aliphatic carbocycles. The van der Waals surface area contributed by atoms with Crippen LogP contribution in [0.2, 0.25) is 0 Å². The number of nitrogens with zero attached hydrogens (tertiary/aromatic N) is 2. The summed E-state index contributed by atoms with van der Waals surface area (Å²) in [6.45, 7) is 3.37. The number of carbonyl (C=O) groups excluding carboxylic acids is 1. The topological polar surface area (TPSA) is 76.1 Å². The van der Waals surface area contributed by atoms with E-state index in [2.05, 4.69) is 20.6 Å². The third-order valence-electron chi connectivity index (χ3n) is 3.31. The SMILES string of the molecule is CCCNC(=O)c1cc(NCCc2ccc(OC)cc2)ncn1. The first-order valence-corrected chi connectivity index (χ1v) is 7.70. The van der Waals surface area contributed by atoms with Crippen LogP contribution in [0, 0.1) is 0 Å². The van der Waals surface area contributed by atoms with Crippen molar-refractivity contribution in [3.63, 3.8) is 0 Å². The Kier molecular flexibility index (Phi) is 6.35. The molecule has 0 aliphatic rings. The third-order valence-corrected chi connectivity index (χ3v) is 3.31. The Balaban J connectivity index is 1.86. The number of ether oxygens (including phenoxy) is 1. The minimum absolute atomic E-state index is 0.174. The number of carbonyl (C=O) groups is 1. The van der Waals surface area contributed by atoms with Gasteiger partial charge in [0.2, 0.25) is 0 Å². The largest absolute Gasteiger partial charge is 0.497 e. The number of rotatable bonds is 8. The van der Waals surface area contributed by atoms with Gasteiger partial charge in [-0.3, -0.25) is 4.79 Å². The summed E-state index contributed by atoms with van der Waals surface area (Å²) < 4.78 is 5.14. The first kappa shape index (κ1) is 16.7. The number of anilines is 1. The standard InChI is InChI=1S/C17H22N4O2/c1-3-9-19-17(22)15-11-16(21-12-20-15)18-10-8-13-4-6-14(23-2)7-5-13/h4-7,11-12H,3,8-10H2,1-2H3,(H,19,22)(H,18,20,21). The molecule has 0 bridgehead atoms. The van der Waals surface area contributed by atoms with E-state index in [1.165, 1.54) is 11.9 Å². The van der Waals surface area contributed by atoms with E-state index in [4.69, 9.17) is 4.74 Å². The molecule has 6 heteroatoms. The third kappa shape index (κ3) is 5.25. The van der Waals surface area contributed by atoms with Crippen molar-refractivity contribution in [2.24, 2.45) is 0 Å². The van der Waals surface area contributed by atoms with Crippen molar-refractivity contribution < 1.29 is 9.53 Å². The number of amides is 1. The maximum Gasteiger partial charge on any atom is 0.270 e. The van der Waals surface area contributed by atoms with Crippen LogP contribution in [0.15, 0.2) is 36.7 Å². The molecule has 0 unspecified atom stereocenters. The van der Waals surface area contributed by atoms with E-state index in [1.54, 1.807) is 13.2 Å². The second kappa shape index (κ2) is 8.73. The fraction of sp³-hybridized carbons (Fsp3) is 0.353. The smallest absolute Gasteiger partial charge is 0.270 e. The minimum atomic E-state index is -0.174. The number of hydrogen-bond acceptors (Lipinski definition) is 5. The van der Waals surface area contributed by atoms with Crippen LogP contribution in [-0.4, -0.2) is 36.1 Å². The lowest BCUT2D eigenvalue weighted by Crippen LogP contribution is -2.25. The summed E-state index contributed by atoms with van der Waals surface area (Å²) in [5, 5.41) is 6.01. The Bertz CT molecular complexity index is 629. The molecule has 1 aromatic carbocycles. The van der Waals surface area contributed by atoms with Gasteiger partial charge in [-0.1, -0.05) is 19.1 Å². The number of aromatic nitrogens is 2. The van der Waals surface area contributed by atoms with Gasteiger partial charge in [-0.2, -0.15) is 0 Å². The molecule has 2 N–H and O–H groups in total. The molecule has 0 saturated heterocycles. The van der Waals surface area contributed by atoms with Crippen molar-refractivity contribution in [3.05, 3.63) is 47.9 Å². The molecule has 6 nitrogen and oxygen atoms in total. The summed E-state index contributed by atoms with van der Waals surface area (Å²) in [6.07, 6.45) is 3.14. The fourth-order valence-corrected chi connectivity index (χ4v) is 2.03. The zero-order chi connectivity index (χ0) is 16.5. The Hall–Kier alpha value is -2.63. The van der Waals surface area contributed by atoms with Crippen molar-refractivity contribution in [1.29, 1.82) is 0 Å². The van der Waals surface area contributed by atoms with Gasteiger partial charge in [0.1, 0.15) is 23.6 Å². The molecule has 1 heterocycles. The second-order valence-electron chi connectivity index (χ2n) is 5.07. The van der Waals surface area contributed by atoms with Crippen molar-refractivity contribution in [1.82, 2.24) is 15.3 Å². The molecule has 0 fully saturated rings. The van der Waals surface area contributed by atoms with Crippen LogP contribution in [0.1, 0.15) is 29.4 Å². The van der Waals surface area contributed by atoms with Crippen LogP contribution in [0.5, 0.6) is 5.75 Å². The van der Waals surface area contributed by atoms with Crippen LogP contribution >= 0.6 is 0 Å². The molecule has 0 atom stereocenters. The molecule has 1 aromatic heterocycles. The highest BCUT2D eigenvalue weighted by Crippen LogP contribution is 2.12. The Morgan fingerprint density at radius 1 is 1.17 bits per heavy atom. The molecule has 0 spiro atoms. The predicted octanol–water partition coefficient (Wildman–Crippen LogP) is 2.28.